The lowest BCUT2D eigenvalue weighted by Crippen LogP contribution is -2.49. The Kier molecular flexibility index (Phi) is 5.26. The van der Waals surface area contributed by atoms with E-state index in [2.05, 4.69) is 15.5 Å². The third kappa shape index (κ3) is 3.77. The van der Waals surface area contributed by atoms with Gasteiger partial charge < -0.3 is 14.2 Å². The first-order chi connectivity index (χ1) is 16.0. The highest BCUT2D eigenvalue weighted by Crippen LogP contribution is 2.36. The number of aliphatic hydroxyl groups is 1. The Labute approximate surface area is 201 Å². The van der Waals surface area contributed by atoms with Crippen LogP contribution in [0.2, 0.25) is 10.0 Å². The first-order valence-electron chi connectivity index (χ1n) is 11.4. The molecule has 0 saturated carbocycles. The number of likely N-dealkylation sites (tertiary alicyclic amines) is 1. The third-order valence-electron chi connectivity index (χ3n) is 7.21. The predicted octanol–water partition coefficient (Wildman–Crippen LogP) is 4.74. The highest BCUT2D eigenvalue weighted by Gasteiger charge is 2.35. The molecule has 33 heavy (non-hydrogen) atoms. The van der Waals surface area contributed by atoms with Crippen molar-refractivity contribution in [2.45, 2.75) is 31.5 Å². The summed E-state index contributed by atoms with van der Waals surface area (Å²) in [6.07, 6.45) is 0.594. The summed E-state index contributed by atoms with van der Waals surface area (Å²) in [5.41, 5.74) is 3.32. The van der Waals surface area contributed by atoms with Crippen molar-refractivity contribution < 1.29 is 5.11 Å². The predicted molar refractivity (Wildman–Crippen MR) is 133 cm³/mol. The van der Waals surface area contributed by atoms with Crippen LogP contribution < -0.4 is 5.56 Å². The smallest absolute Gasteiger partial charge is 0.250 e. The van der Waals surface area contributed by atoms with Crippen molar-refractivity contribution in [3.8, 4) is 0 Å². The van der Waals surface area contributed by atoms with Crippen molar-refractivity contribution in [2.24, 2.45) is 5.92 Å². The second-order valence-electron chi connectivity index (χ2n) is 9.50. The lowest BCUT2D eigenvalue weighted by atomic mass is 9.83. The largest absolute Gasteiger partial charge is 0.390 e. The number of halogens is 2. The lowest BCUT2D eigenvalue weighted by molar-refractivity contribution is 0.0558. The molecule has 2 aromatic carbocycles. The van der Waals surface area contributed by atoms with Crippen molar-refractivity contribution in [3.63, 3.8) is 0 Å². The van der Waals surface area contributed by atoms with Crippen LogP contribution >= 0.6 is 23.2 Å². The zero-order valence-electron chi connectivity index (χ0n) is 18.1. The first kappa shape index (κ1) is 21.2. The highest BCUT2D eigenvalue weighted by molar-refractivity contribution is 6.33. The fourth-order valence-electron chi connectivity index (χ4n) is 5.96. The van der Waals surface area contributed by atoms with E-state index in [1.54, 1.807) is 6.07 Å². The number of aromatic nitrogens is 2. The van der Waals surface area contributed by atoms with E-state index in [0.717, 1.165) is 53.6 Å². The zero-order valence-corrected chi connectivity index (χ0v) is 19.6. The van der Waals surface area contributed by atoms with Gasteiger partial charge in [0.2, 0.25) is 0 Å². The molecule has 2 aromatic heterocycles. The van der Waals surface area contributed by atoms with Gasteiger partial charge in [0.1, 0.15) is 0 Å². The van der Waals surface area contributed by atoms with Crippen LogP contribution in [0.4, 0.5) is 0 Å². The van der Waals surface area contributed by atoms with Crippen molar-refractivity contribution in [1.82, 2.24) is 14.0 Å². The number of hydrogen-bond acceptors (Lipinski definition) is 3. The summed E-state index contributed by atoms with van der Waals surface area (Å²) in [5, 5.41) is 14.6. The van der Waals surface area contributed by atoms with Gasteiger partial charge in [-0.2, -0.15) is 0 Å². The van der Waals surface area contributed by atoms with E-state index in [9.17, 15) is 9.90 Å². The van der Waals surface area contributed by atoms with Gasteiger partial charge in [-0.25, -0.2) is 0 Å². The molecule has 170 valence electrons. The second kappa shape index (κ2) is 8.17. The van der Waals surface area contributed by atoms with Crippen molar-refractivity contribution in [2.75, 3.05) is 19.6 Å². The molecule has 5 nitrogen and oxygen atoms in total. The van der Waals surface area contributed by atoms with Gasteiger partial charge in [-0.3, -0.25) is 9.69 Å². The fraction of sp³-hybridized carbons (Fsp3) is 0.346. The van der Waals surface area contributed by atoms with Crippen LogP contribution in [0, 0.1) is 5.92 Å². The number of β-amino-alcohol motifs (C(OH)–C–C–N with tert-alkyl or cyclic N) is 1. The molecule has 3 atom stereocenters. The monoisotopic (exact) mass is 481 g/mol. The van der Waals surface area contributed by atoms with Crippen LogP contribution in [0.3, 0.4) is 0 Å². The molecule has 2 bridgehead atoms. The second-order valence-corrected chi connectivity index (χ2v) is 10.4. The first-order valence-corrected chi connectivity index (χ1v) is 12.2. The molecular weight excluding hydrogens is 457 g/mol. The van der Waals surface area contributed by atoms with Gasteiger partial charge in [-0.05, 0) is 54.8 Å². The summed E-state index contributed by atoms with van der Waals surface area (Å²) in [6, 6.07) is 17.3. The Morgan fingerprint density at radius 2 is 1.61 bits per heavy atom. The van der Waals surface area contributed by atoms with E-state index in [-0.39, 0.29) is 5.56 Å². The molecule has 0 amide bonds. The molecule has 2 aliphatic rings. The maximum Gasteiger partial charge on any atom is 0.250 e. The number of aliphatic hydroxyl groups excluding tert-OH is 1. The van der Waals surface area contributed by atoms with Crippen molar-refractivity contribution in [3.05, 3.63) is 80.7 Å². The number of nitrogens with zero attached hydrogens (tertiary/aromatic N) is 3. The van der Waals surface area contributed by atoms with Crippen molar-refractivity contribution in [1.29, 1.82) is 0 Å². The van der Waals surface area contributed by atoms with Gasteiger partial charge in [0.05, 0.1) is 12.6 Å². The molecule has 6 rings (SSSR count). The molecule has 1 saturated heterocycles. The Hall–Kier alpha value is -2.31. The minimum Gasteiger partial charge on any atom is -0.390 e. The molecule has 7 heteroatoms. The Bertz CT molecular complexity index is 1370. The quantitative estimate of drug-likeness (QED) is 0.457. The van der Waals surface area contributed by atoms with Crippen LogP contribution in [-0.2, 0) is 13.1 Å². The Morgan fingerprint density at radius 1 is 0.909 bits per heavy atom. The van der Waals surface area contributed by atoms with Gasteiger partial charge in [0.25, 0.3) is 5.56 Å². The van der Waals surface area contributed by atoms with Crippen LogP contribution in [-0.4, -0.2) is 44.9 Å². The average Bonchev–Trinajstić information content (AvgIpc) is 3.06. The highest BCUT2D eigenvalue weighted by atomic mass is 35.5. The molecular formula is C26H25Cl2N3O2. The summed E-state index contributed by atoms with van der Waals surface area (Å²) in [5.74, 6) is 0.789. The molecule has 1 fully saturated rings. The Morgan fingerprint density at radius 3 is 2.30 bits per heavy atom. The van der Waals surface area contributed by atoms with Gasteiger partial charge in [-0.15, -0.1) is 0 Å². The summed E-state index contributed by atoms with van der Waals surface area (Å²) < 4.78 is 4.11. The number of fused-ring (bicyclic) bond motifs is 7. The molecule has 1 N–H and O–H groups in total. The SMILES string of the molecule is O=c1cccc2n1CC1CC2CN(CC(O)Cn2c3ccc(Cl)cc3c3cc(Cl)ccc32)C1. The van der Waals surface area contributed by atoms with E-state index in [0.29, 0.717) is 35.0 Å². The van der Waals surface area contributed by atoms with E-state index in [1.807, 2.05) is 47.0 Å². The van der Waals surface area contributed by atoms with Crippen molar-refractivity contribution >= 4 is 45.0 Å². The standard InChI is InChI=1S/C26H25Cl2N3O2/c27-18-4-6-24-21(9-18)22-10-19(28)5-7-25(22)30(24)15-20(32)14-29-11-16-8-17(13-29)23-2-1-3-26(33)31(23)12-16/h1-7,9-10,16-17,20,32H,8,11-15H2. The van der Waals surface area contributed by atoms with Crippen LogP contribution in [0.5, 0.6) is 0 Å². The molecule has 4 heterocycles. The molecule has 2 aliphatic heterocycles. The number of rotatable bonds is 4. The lowest BCUT2D eigenvalue weighted by Gasteiger charge is -2.43. The minimum absolute atomic E-state index is 0.0993. The summed E-state index contributed by atoms with van der Waals surface area (Å²) >= 11 is 12.6. The average molecular weight is 482 g/mol. The summed E-state index contributed by atoms with van der Waals surface area (Å²) in [6.45, 7) is 3.65. The van der Waals surface area contributed by atoms with Crippen LogP contribution in [0.25, 0.3) is 21.8 Å². The third-order valence-corrected chi connectivity index (χ3v) is 7.68. The molecule has 4 aromatic rings. The van der Waals surface area contributed by atoms with E-state index in [1.165, 1.54) is 0 Å². The summed E-state index contributed by atoms with van der Waals surface area (Å²) in [7, 11) is 0. The van der Waals surface area contributed by atoms with E-state index >= 15 is 0 Å². The van der Waals surface area contributed by atoms with E-state index in [4.69, 9.17) is 23.2 Å². The topological polar surface area (TPSA) is 50.4 Å². The van der Waals surface area contributed by atoms with Crippen LogP contribution in [0.15, 0.2) is 59.4 Å². The fourth-order valence-corrected chi connectivity index (χ4v) is 6.30. The number of benzene rings is 2. The number of pyridine rings is 1. The van der Waals surface area contributed by atoms with Gasteiger partial charge >= 0.3 is 0 Å². The zero-order chi connectivity index (χ0) is 22.7. The van der Waals surface area contributed by atoms with Gasteiger partial charge in [0, 0.05) is 75.7 Å². The molecule has 3 unspecified atom stereocenters. The summed E-state index contributed by atoms with van der Waals surface area (Å²) in [4.78, 5) is 14.6. The Balaban J connectivity index is 1.26. The maximum atomic E-state index is 12.3. The van der Waals surface area contributed by atoms with Gasteiger partial charge in [0.15, 0.2) is 0 Å². The maximum absolute atomic E-state index is 12.3. The molecule has 0 radical (unpaired) electrons. The van der Waals surface area contributed by atoms with Crippen LogP contribution in [0.1, 0.15) is 18.0 Å². The normalized spacial score (nSPS) is 21.4. The van der Waals surface area contributed by atoms with E-state index < -0.39 is 6.10 Å². The minimum atomic E-state index is -0.521. The number of piperidine rings is 1. The molecule has 0 aliphatic carbocycles. The van der Waals surface area contributed by atoms with Gasteiger partial charge in [-0.1, -0.05) is 29.3 Å². The molecule has 0 spiro atoms. The number of hydrogen-bond donors (Lipinski definition) is 1.